The Bertz CT molecular complexity index is 1340. The number of nitro benzene ring substituents is 1. The number of pyridine rings is 1. The van der Waals surface area contributed by atoms with Crippen LogP contribution < -0.4 is 10.6 Å². The van der Waals surface area contributed by atoms with Crippen LogP contribution in [0.25, 0.3) is 0 Å². The fraction of sp³-hybridized carbons (Fsp3) is 0.414. The molecule has 1 unspecified atom stereocenters. The molecule has 42 heavy (non-hydrogen) atoms. The van der Waals surface area contributed by atoms with Crippen LogP contribution in [0.5, 0.6) is 5.75 Å². The normalized spacial score (nSPS) is 14.4. The third-order valence-corrected chi connectivity index (χ3v) is 6.30. The second-order valence-corrected chi connectivity index (χ2v) is 10.4. The Hall–Kier alpha value is -4.33. The fourth-order valence-corrected chi connectivity index (χ4v) is 4.28. The number of hydrogen-bond acceptors (Lipinski definition) is 12. The Balaban J connectivity index is 0.000000317. The van der Waals surface area contributed by atoms with Crippen molar-refractivity contribution in [2.45, 2.75) is 58.8 Å². The van der Waals surface area contributed by atoms with Crippen LogP contribution in [0, 0.1) is 10.1 Å². The summed E-state index contributed by atoms with van der Waals surface area (Å²) in [4.78, 5) is 39.6. The number of aromatic hydroxyl groups is 1. The number of benzene rings is 1. The Morgan fingerprint density at radius 1 is 1.07 bits per heavy atom. The third kappa shape index (κ3) is 8.35. The number of nitro groups is 1. The lowest BCUT2D eigenvalue weighted by molar-refractivity contribution is -0.385. The first-order valence-corrected chi connectivity index (χ1v) is 13.0. The van der Waals surface area contributed by atoms with Gasteiger partial charge in [-0.05, 0) is 46.8 Å². The van der Waals surface area contributed by atoms with Crippen LogP contribution in [-0.4, -0.2) is 63.5 Å². The van der Waals surface area contributed by atoms with Crippen LogP contribution in [0.2, 0.25) is 0 Å². The monoisotopic (exact) mass is 586 g/mol. The van der Waals surface area contributed by atoms with Gasteiger partial charge >= 0.3 is 11.9 Å². The summed E-state index contributed by atoms with van der Waals surface area (Å²) in [6.45, 7) is 9.32. The van der Waals surface area contributed by atoms with Crippen molar-refractivity contribution >= 4 is 17.6 Å². The summed E-state index contributed by atoms with van der Waals surface area (Å²) >= 11 is 0. The second-order valence-electron chi connectivity index (χ2n) is 10.4. The molecule has 0 amide bonds. The van der Waals surface area contributed by atoms with E-state index in [2.05, 4.69) is 15.6 Å². The maximum atomic E-state index is 12.3. The molecule has 3 rings (SSSR count). The zero-order chi connectivity index (χ0) is 31.8. The number of aromatic nitrogens is 1. The number of methoxy groups -OCH3 is 2. The van der Waals surface area contributed by atoms with Gasteiger partial charge in [0.05, 0.1) is 48.5 Å². The molecule has 228 valence electrons. The number of hydrogen-bond donors (Lipinski definition) is 5. The number of dihydropyridines is 1. The van der Waals surface area contributed by atoms with Crippen molar-refractivity contribution in [1.29, 1.82) is 0 Å². The van der Waals surface area contributed by atoms with Crippen LogP contribution in [0.15, 0.2) is 58.9 Å². The minimum absolute atomic E-state index is 0.0627. The van der Waals surface area contributed by atoms with Gasteiger partial charge in [-0.15, -0.1) is 0 Å². The van der Waals surface area contributed by atoms with E-state index in [1.54, 1.807) is 26.0 Å². The van der Waals surface area contributed by atoms with E-state index in [9.17, 15) is 29.9 Å². The van der Waals surface area contributed by atoms with Gasteiger partial charge in [0.1, 0.15) is 17.5 Å². The molecule has 0 spiro atoms. The number of allylic oxidation sites excluding steroid dienone is 2. The lowest BCUT2D eigenvalue weighted by Crippen LogP contribution is -2.38. The summed E-state index contributed by atoms with van der Waals surface area (Å²) in [5, 5.41) is 45.8. The van der Waals surface area contributed by atoms with Gasteiger partial charge in [-0.25, -0.2) is 14.6 Å². The standard InChI is InChI=1S/C17H18N2O6.C12H20N2O3/c1-9-13(16(20)24-3)15(14(10(2)18-9)17(21)25-4)11-7-5-6-8-12(11)19(22)23;1-12(2,3)13-6-11(17)8-4-5-10(16)9(7-15)14-8/h5-8,15,18H,1-4H3;4-5,11,13,15-17H,6-7H2,1-3H3. The minimum Gasteiger partial charge on any atom is -0.506 e. The topological polar surface area (TPSA) is 193 Å². The van der Waals surface area contributed by atoms with Gasteiger partial charge < -0.3 is 35.4 Å². The van der Waals surface area contributed by atoms with Crippen LogP contribution in [0.4, 0.5) is 5.69 Å². The van der Waals surface area contributed by atoms with Gasteiger partial charge in [-0.2, -0.15) is 0 Å². The number of carbonyl (C=O) groups is 2. The lowest BCUT2D eigenvalue weighted by Gasteiger charge is -2.29. The zero-order valence-corrected chi connectivity index (χ0v) is 24.7. The average molecular weight is 587 g/mol. The highest BCUT2D eigenvalue weighted by Crippen LogP contribution is 2.42. The molecule has 0 radical (unpaired) electrons. The van der Waals surface area contributed by atoms with Crippen molar-refractivity contribution in [3.05, 3.63) is 86.0 Å². The molecule has 0 saturated heterocycles. The first-order chi connectivity index (χ1) is 19.7. The van der Waals surface area contributed by atoms with E-state index in [1.165, 1.54) is 38.5 Å². The number of aliphatic hydroxyl groups excluding tert-OH is 2. The number of rotatable bonds is 8. The van der Waals surface area contributed by atoms with Gasteiger partial charge in [0.25, 0.3) is 5.69 Å². The molecule has 1 aromatic heterocycles. The molecular formula is C29H38N4O9. The Morgan fingerprint density at radius 2 is 1.62 bits per heavy atom. The quantitative estimate of drug-likeness (QED) is 0.173. The van der Waals surface area contributed by atoms with E-state index in [1.807, 2.05) is 20.8 Å². The first kappa shape index (κ1) is 33.9. The predicted molar refractivity (Wildman–Crippen MR) is 153 cm³/mol. The maximum absolute atomic E-state index is 12.3. The lowest BCUT2D eigenvalue weighted by atomic mass is 9.79. The highest BCUT2D eigenvalue weighted by atomic mass is 16.6. The number of aliphatic hydroxyl groups is 2. The number of ether oxygens (including phenoxy) is 2. The molecule has 2 heterocycles. The van der Waals surface area contributed by atoms with E-state index in [4.69, 9.17) is 14.6 Å². The van der Waals surface area contributed by atoms with Gasteiger partial charge in [0.15, 0.2) is 0 Å². The Labute approximate surface area is 244 Å². The fourth-order valence-electron chi connectivity index (χ4n) is 4.28. The Kier molecular flexibility index (Phi) is 11.7. The van der Waals surface area contributed by atoms with Crippen LogP contribution in [0.3, 0.4) is 0 Å². The molecule has 5 N–H and O–H groups in total. The predicted octanol–water partition coefficient (Wildman–Crippen LogP) is 2.88. The van der Waals surface area contributed by atoms with E-state index in [-0.39, 0.29) is 46.0 Å². The Morgan fingerprint density at radius 3 is 2.10 bits per heavy atom. The SMILES string of the molecule is CC(C)(C)NCC(O)c1ccc(O)c(CO)n1.COC(=O)C1=C(C)NC(C)=C(C(=O)OC)C1c1ccccc1[N+](=O)[O-]. The molecule has 13 heteroatoms. The van der Waals surface area contributed by atoms with E-state index >= 15 is 0 Å². The van der Waals surface area contributed by atoms with Gasteiger partial charge in [0, 0.05) is 35.1 Å². The molecule has 1 aliphatic rings. The first-order valence-electron chi connectivity index (χ1n) is 13.0. The molecule has 0 aliphatic carbocycles. The van der Waals surface area contributed by atoms with Gasteiger partial charge in [0.2, 0.25) is 0 Å². The summed E-state index contributed by atoms with van der Waals surface area (Å²) < 4.78 is 9.66. The maximum Gasteiger partial charge on any atom is 0.336 e. The van der Waals surface area contributed by atoms with Crippen molar-refractivity contribution in [2.24, 2.45) is 0 Å². The molecule has 0 bridgehead atoms. The number of para-hydroxylation sites is 1. The van der Waals surface area contributed by atoms with Gasteiger partial charge in [-0.3, -0.25) is 10.1 Å². The van der Waals surface area contributed by atoms with E-state index in [0.717, 1.165) is 0 Å². The third-order valence-electron chi connectivity index (χ3n) is 6.30. The summed E-state index contributed by atoms with van der Waals surface area (Å²) in [5.41, 5.74) is 1.72. The molecule has 1 atom stereocenters. The molecule has 0 saturated carbocycles. The zero-order valence-electron chi connectivity index (χ0n) is 24.7. The van der Waals surface area contributed by atoms with Crippen molar-refractivity contribution in [3.8, 4) is 5.75 Å². The molecule has 2 aromatic rings. The molecular weight excluding hydrogens is 548 g/mol. The van der Waals surface area contributed by atoms with Crippen LogP contribution >= 0.6 is 0 Å². The highest BCUT2D eigenvalue weighted by molar-refractivity contribution is 6.00. The van der Waals surface area contributed by atoms with Crippen LogP contribution in [-0.2, 0) is 25.7 Å². The van der Waals surface area contributed by atoms with Crippen molar-refractivity contribution in [3.63, 3.8) is 0 Å². The molecule has 1 aliphatic heterocycles. The number of esters is 2. The van der Waals surface area contributed by atoms with E-state index in [0.29, 0.717) is 23.6 Å². The summed E-state index contributed by atoms with van der Waals surface area (Å²) in [6, 6.07) is 8.94. The number of nitrogens with one attached hydrogen (secondary N) is 2. The summed E-state index contributed by atoms with van der Waals surface area (Å²) in [5.74, 6) is -2.39. The average Bonchev–Trinajstić information content (AvgIpc) is 2.94. The molecule has 0 fully saturated rings. The van der Waals surface area contributed by atoms with Crippen molar-refractivity contribution in [2.75, 3.05) is 20.8 Å². The number of carbonyl (C=O) groups excluding carboxylic acids is 2. The minimum atomic E-state index is -0.970. The smallest absolute Gasteiger partial charge is 0.336 e. The second kappa shape index (κ2) is 14.5. The largest absolute Gasteiger partial charge is 0.506 e. The summed E-state index contributed by atoms with van der Waals surface area (Å²) in [7, 11) is 2.42. The van der Waals surface area contributed by atoms with Crippen molar-refractivity contribution in [1.82, 2.24) is 15.6 Å². The number of nitrogens with zero attached hydrogens (tertiary/aromatic N) is 2. The van der Waals surface area contributed by atoms with Crippen LogP contribution in [0.1, 0.15) is 63.6 Å². The highest BCUT2D eigenvalue weighted by Gasteiger charge is 2.40. The van der Waals surface area contributed by atoms with Gasteiger partial charge in [-0.1, -0.05) is 18.2 Å². The molecule has 1 aromatic carbocycles. The molecule has 13 nitrogen and oxygen atoms in total. The van der Waals surface area contributed by atoms with E-state index < -0.39 is 28.9 Å². The number of β-amino-alcohol motifs (C(OH)–C–C–N with tert-alkyl or cyclic N) is 1. The summed E-state index contributed by atoms with van der Waals surface area (Å²) in [6.07, 6.45) is -0.764. The van der Waals surface area contributed by atoms with Crippen molar-refractivity contribution < 1.29 is 39.3 Å².